The molecular formula is C24H21NO4. The highest BCUT2D eigenvalue weighted by Gasteiger charge is 2.46. The number of hydrogen-bond donors (Lipinski definition) is 2. The first-order valence-corrected chi connectivity index (χ1v) is 9.40. The number of fused-ring (bicyclic) bond motifs is 3. The van der Waals surface area contributed by atoms with Crippen LogP contribution in [-0.2, 0) is 19.9 Å². The minimum Gasteiger partial charge on any atom is -0.480 e. The fourth-order valence-electron chi connectivity index (χ4n) is 4.18. The smallest absolute Gasteiger partial charge is 0.321 e. The molecule has 0 radical (unpaired) electrons. The van der Waals surface area contributed by atoms with Crippen molar-refractivity contribution < 1.29 is 19.4 Å². The third-order valence-electron chi connectivity index (χ3n) is 5.45. The van der Waals surface area contributed by atoms with Crippen molar-refractivity contribution in [2.75, 3.05) is 7.11 Å². The van der Waals surface area contributed by atoms with Gasteiger partial charge in [0.25, 0.3) is 0 Å². The van der Waals surface area contributed by atoms with Gasteiger partial charge in [-0.15, -0.1) is 0 Å². The Balaban J connectivity index is 1.96. The number of methoxy groups -OCH3 is 1. The maximum atomic E-state index is 12.1. The lowest BCUT2D eigenvalue weighted by Crippen LogP contribution is -2.52. The summed E-state index contributed by atoms with van der Waals surface area (Å²) in [6.07, 6.45) is -0.273. The zero-order valence-corrected chi connectivity index (χ0v) is 16.0. The average molecular weight is 387 g/mol. The van der Waals surface area contributed by atoms with E-state index in [1.165, 1.54) is 7.11 Å². The Kier molecular flexibility index (Phi) is 4.91. The van der Waals surface area contributed by atoms with E-state index in [1.54, 1.807) is 0 Å². The molecule has 0 bridgehead atoms. The third-order valence-corrected chi connectivity index (χ3v) is 5.45. The lowest BCUT2D eigenvalue weighted by Gasteiger charge is -2.36. The molecule has 0 saturated heterocycles. The van der Waals surface area contributed by atoms with Crippen LogP contribution in [0, 0.1) is 0 Å². The normalized spacial score (nSPS) is 14.5. The molecule has 1 atom stereocenters. The second-order valence-corrected chi connectivity index (χ2v) is 7.02. The largest absolute Gasteiger partial charge is 0.480 e. The van der Waals surface area contributed by atoms with E-state index in [0.29, 0.717) is 0 Å². The van der Waals surface area contributed by atoms with Crippen LogP contribution in [0.3, 0.4) is 0 Å². The third kappa shape index (κ3) is 3.09. The number of rotatable bonds is 6. The van der Waals surface area contributed by atoms with Crippen LogP contribution in [0.1, 0.15) is 23.1 Å². The molecule has 0 amide bonds. The van der Waals surface area contributed by atoms with Crippen molar-refractivity contribution in [3.63, 3.8) is 0 Å². The molecule has 1 aliphatic rings. The van der Waals surface area contributed by atoms with Crippen molar-refractivity contribution in [2.24, 2.45) is 0 Å². The molecule has 3 aromatic rings. The first-order valence-electron chi connectivity index (χ1n) is 9.40. The van der Waals surface area contributed by atoms with Crippen LogP contribution in [0.25, 0.3) is 11.1 Å². The number of aliphatic carboxylic acids is 1. The van der Waals surface area contributed by atoms with E-state index in [-0.39, 0.29) is 6.42 Å². The van der Waals surface area contributed by atoms with Gasteiger partial charge in [-0.05, 0) is 27.8 Å². The average Bonchev–Trinajstić information content (AvgIpc) is 3.05. The number of benzene rings is 3. The van der Waals surface area contributed by atoms with E-state index in [0.717, 1.165) is 27.8 Å². The predicted octanol–water partition coefficient (Wildman–Crippen LogP) is 3.56. The van der Waals surface area contributed by atoms with Crippen molar-refractivity contribution in [1.29, 1.82) is 0 Å². The second kappa shape index (κ2) is 7.53. The molecule has 4 rings (SSSR count). The van der Waals surface area contributed by atoms with Gasteiger partial charge < -0.3 is 9.84 Å². The lowest BCUT2D eigenvalue weighted by atomic mass is 9.79. The van der Waals surface area contributed by atoms with Crippen molar-refractivity contribution in [2.45, 2.75) is 18.0 Å². The molecule has 5 heteroatoms. The number of ether oxygens (including phenoxy) is 1. The first-order chi connectivity index (χ1) is 14.1. The molecule has 3 aromatic carbocycles. The molecular weight excluding hydrogens is 366 g/mol. The molecule has 0 heterocycles. The summed E-state index contributed by atoms with van der Waals surface area (Å²) in [5.74, 6) is -1.68. The van der Waals surface area contributed by atoms with E-state index in [4.69, 9.17) is 4.74 Å². The molecule has 0 saturated carbocycles. The lowest BCUT2D eigenvalue weighted by molar-refractivity contribution is -0.148. The number of carboxylic acid groups (broad SMARTS) is 1. The van der Waals surface area contributed by atoms with Crippen molar-refractivity contribution in [1.82, 2.24) is 5.32 Å². The zero-order chi connectivity index (χ0) is 20.4. The van der Waals surface area contributed by atoms with Crippen molar-refractivity contribution in [3.8, 4) is 11.1 Å². The van der Waals surface area contributed by atoms with Crippen LogP contribution in [0.5, 0.6) is 0 Å². The van der Waals surface area contributed by atoms with Gasteiger partial charge in [0.2, 0.25) is 0 Å². The summed E-state index contributed by atoms with van der Waals surface area (Å²) in [4.78, 5) is 24.0. The minimum atomic E-state index is -1.12. The van der Waals surface area contributed by atoms with Crippen molar-refractivity contribution in [3.05, 3.63) is 95.6 Å². The zero-order valence-electron chi connectivity index (χ0n) is 16.0. The van der Waals surface area contributed by atoms with Crippen LogP contribution in [-0.4, -0.2) is 30.2 Å². The molecule has 0 aromatic heterocycles. The maximum absolute atomic E-state index is 12.1. The molecule has 5 nitrogen and oxygen atoms in total. The van der Waals surface area contributed by atoms with Crippen LogP contribution in [0.2, 0.25) is 0 Å². The summed E-state index contributed by atoms with van der Waals surface area (Å²) >= 11 is 0. The summed E-state index contributed by atoms with van der Waals surface area (Å²) < 4.78 is 4.73. The molecule has 1 unspecified atom stereocenters. The highest BCUT2D eigenvalue weighted by molar-refractivity contribution is 5.85. The van der Waals surface area contributed by atoms with Crippen LogP contribution in [0.4, 0.5) is 0 Å². The fraction of sp³-hybridized carbons (Fsp3) is 0.167. The van der Waals surface area contributed by atoms with Crippen LogP contribution >= 0.6 is 0 Å². The standard InChI is InChI=1S/C24H21NO4/c1-29-22(26)15-21(23(27)28)25-24(16-9-3-2-4-10-16)19-13-7-5-11-17(19)18-12-6-8-14-20(18)24/h2-14,21,25H,15H2,1H3,(H,27,28). The Hall–Kier alpha value is -3.44. The SMILES string of the molecule is COC(=O)CC(NC1(c2ccccc2)c2ccccc2-c2ccccc21)C(=O)O. The summed E-state index contributed by atoms with van der Waals surface area (Å²) in [6.45, 7) is 0. The monoisotopic (exact) mass is 387 g/mol. The van der Waals surface area contributed by atoms with Gasteiger partial charge >= 0.3 is 11.9 Å². The minimum absolute atomic E-state index is 0.273. The Bertz CT molecular complexity index is 1020. The second-order valence-electron chi connectivity index (χ2n) is 7.02. The Morgan fingerprint density at radius 3 is 1.93 bits per heavy atom. The van der Waals surface area contributed by atoms with Crippen molar-refractivity contribution >= 4 is 11.9 Å². The topological polar surface area (TPSA) is 75.6 Å². The van der Waals surface area contributed by atoms with Gasteiger partial charge in [-0.1, -0.05) is 78.9 Å². The summed E-state index contributed by atoms with van der Waals surface area (Å²) in [5, 5.41) is 13.2. The fourth-order valence-corrected chi connectivity index (χ4v) is 4.18. The van der Waals surface area contributed by atoms with Crippen LogP contribution in [0.15, 0.2) is 78.9 Å². The van der Waals surface area contributed by atoms with Gasteiger partial charge in [0.15, 0.2) is 0 Å². The van der Waals surface area contributed by atoms with E-state index >= 15 is 0 Å². The number of carbonyl (C=O) groups excluding carboxylic acids is 1. The first kappa shape index (κ1) is 18.9. The van der Waals surface area contributed by atoms with E-state index in [2.05, 4.69) is 5.32 Å². The van der Waals surface area contributed by atoms with E-state index in [1.807, 2.05) is 78.9 Å². The molecule has 29 heavy (non-hydrogen) atoms. The van der Waals surface area contributed by atoms with E-state index < -0.39 is 23.5 Å². The van der Waals surface area contributed by atoms with Gasteiger partial charge in [0.1, 0.15) is 6.04 Å². The highest BCUT2D eigenvalue weighted by Crippen LogP contribution is 2.51. The van der Waals surface area contributed by atoms with Gasteiger partial charge in [0.05, 0.1) is 19.1 Å². The van der Waals surface area contributed by atoms with Gasteiger partial charge in [-0.3, -0.25) is 14.9 Å². The number of esters is 1. The summed E-state index contributed by atoms with van der Waals surface area (Å²) in [5.41, 5.74) is 4.02. The number of carbonyl (C=O) groups is 2. The van der Waals surface area contributed by atoms with E-state index in [9.17, 15) is 14.7 Å². The number of carboxylic acids is 1. The molecule has 0 fully saturated rings. The summed E-state index contributed by atoms with van der Waals surface area (Å²) in [7, 11) is 1.26. The summed E-state index contributed by atoms with van der Waals surface area (Å²) in [6, 6.07) is 24.5. The van der Waals surface area contributed by atoms with Gasteiger partial charge in [-0.25, -0.2) is 0 Å². The highest BCUT2D eigenvalue weighted by atomic mass is 16.5. The van der Waals surface area contributed by atoms with Gasteiger partial charge in [-0.2, -0.15) is 0 Å². The quantitative estimate of drug-likeness (QED) is 0.633. The number of hydrogen-bond acceptors (Lipinski definition) is 4. The van der Waals surface area contributed by atoms with Crippen LogP contribution < -0.4 is 5.32 Å². The Labute approximate surface area is 169 Å². The Morgan fingerprint density at radius 1 is 0.897 bits per heavy atom. The molecule has 0 spiro atoms. The maximum Gasteiger partial charge on any atom is 0.321 e. The predicted molar refractivity (Wildman–Crippen MR) is 109 cm³/mol. The number of nitrogens with one attached hydrogen (secondary N) is 1. The molecule has 0 aliphatic heterocycles. The Morgan fingerprint density at radius 2 is 1.41 bits per heavy atom. The van der Waals surface area contributed by atoms with Gasteiger partial charge in [0, 0.05) is 0 Å². The molecule has 146 valence electrons. The molecule has 2 N–H and O–H groups in total. The molecule has 1 aliphatic carbocycles.